The van der Waals surface area contributed by atoms with Gasteiger partial charge in [0.25, 0.3) is 0 Å². The minimum absolute atomic E-state index is 0.0366. The van der Waals surface area contributed by atoms with Gasteiger partial charge in [-0.1, -0.05) is 0 Å². The van der Waals surface area contributed by atoms with Gasteiger partial charge in [-0.25, -0.2) is 0 Å². The van der Waals surface area contributed by atoms with Crippen LogP contribution in [0.5, 0.6) is 0 Å². The number of carbonyl (C=O) groups excluding carboxylic acids is 1. The van der Waals surface area contributed by atoms with Crippen LogP contribution in [0.4, 0.5) is 0 Å². The number of hydrogen-bond donors (Lipinski definition) is 2. The van der Waals surface area contributed by atoms with Crippen molar-refractivity contribution in [3.05, 3.63) is 18.0 Å². The third-order valence-corrected chi connectivity index (χ3v) is 3.76. The van der Waals surface area contributed by atoms with E-state index in [1.807, 2.05) is 26.8 Å². The first-order chi connectivity index (χ1) is 10.7. The van der Waals surface area contributed by atoms with E-state index in [0.717, 1.165) is 31.6 Å². The van der Waals surface area contributed by atoms with Gasteiger partial charge in [0.05, 0.1) is 12.2 Å². The molecule has 7 nitrogen and oxygen atoms in total. The fourth-order valence-corrected chi connectivity index (χ4v) is 2.92. The lowest BCUT2D eigenvalue weighted by Crippen LogP contribution is -2.47. The average molecular weight is 322 g/mol. The number of hydrogen-bond acceptors (Lipinski definition) is 4. The Morgan fingerprint density at radius 1 is 1.39 bits per heavy atom. The Balaban J connectivity index is 1.91. The van der Waals surface area contributed by atoms with Gasteiger partial charge >= 0.3 is 5.97 Å². The van der Waals surface area contributed by atoms with E-state index in [-0.39, 0.29) is 23.9 Å². The normalized spacial score (nSPS) is 19.5. The fourth-order valence-electron chi connectivity index (χ4n) is 2.92. The van der Waals surface area contributed by atoms with E-state index in [4.69, 9.17) is 5.11 Å². The van der Waals surface area contributed by atoms with E-state index in [2.05, 4.69) is 15.3 Å². The fraction of sp³-hybridized carbons (Fsp3) is 0.688. The summed E-state index contributed by atoms with van der Waals surface area (Å²) < 4.78 is 1.45. The number of rotatable bonds is 5. The van der Waals surface area contributed by atoms with Crippen molar-refractivity contribution in [1.29, 1.82) is 0 Å². The van der Waals surface area contributed by atoms with Crippen LogP contribution in [-0.2, 0) is 16.1 Å². The monoisotopic (exact) mass is 322 g/mol. The van der Waals surface area contributed by atoms with Crippen molar-refractivity contribution in [2.45, 2.75) is 51.6 Å². The summed E-state index contributed by atoms with van der Waals surface area (Å²) in [6.07, 6.45) is 3.73. The molecule has 1 saturated heterocycles. The summed E-state index contributed by atoms with van der Waals surface area (Å²) in [6.45, 7) is 7.87. The first-order valence-electron chi connectivity index (χ1n) is 8.01. The van der Waals surface area contributed by atoms with Gasteiger partial charge < -0.3 is 10.4 Å². The molecule has 0 radical (unpaired) electrons. The largest absolute Gasteiger partial charge is 0.480 e. The van der Waals surface area contributed by atoms with Gasteiger partial charge in [-0.2, -0.15) is 5.10 Å². The van der Waals surface area contributed by atoms with Crippen molar-refractivity contribution < 1.29 is 14.7 Å². The molecule has 0 aromatic carbocycles. The van der Waals surface area contributed by atoms with Crippen molar-refractivity contribution >= 4 is 11.9 Å². The van der Waals surface area contributed by atoms with E-state index in [1.165, 1.54) is 4.68 Å². The lowest BCUT2D eigenvalue weighted by molar-refractivity contribution is -0.138. The first-order valence-corrected chi connectivity index (χ1v) is 8.01. The number of carbonyl (C=O) groups is 2. The van der Waals surface area contributed by atoms with Gasteiger partial charge in [0.2, 0.25) is 5.91 Å². The standard InChI is InChI=1S/C16H26N4O3/c1-16(2,3)17-14(21)10-19-7-4-5-12(9-19)13-6-8-20(18-13)11-15(22)23/h6,8,12H,4-5,7,9-11H2,1-3H3,(H,17,21)(H,22,23)/t12-/m1/s1. The minimum atomic E-state index is -0.899. The summed E-state index contributed by atoms with van der Waals surface area (Å²) in [7, 11) is 0. The second-order valence-corrected chi connectivity index (χ2v) is 7.20. The highest BCUT2D eigenvalue weighted by Gasteiger charge is 2.25. The van der Waals surface area contributed by atoms with Crippen LogP contribution in [0.2, 0.25) is 0 Å². The molecule has 23 heavy (non-hydrogen) atoms. The van der Waals surface area contributed by atoms with Gasteiger partial charge in [-0.05, 0) is 46.2 Å². The molecule has 0 aliphatic carbocycles. The number of likely N-dealkylation sites (tertiary alicyclic amines) is 1. The lowest BCUT2D eigenvalue weighted by atomic mass is 9.95. The second-order valence-electron chi connectivity index (χ2n) is 7.20. The van der Waals surface area contributed by atoms with Crippen LogP contribution in [0.15, 0.2) is 12.3 Å². The van der Waals surface area contributed by atoms with E-state index >= 15 is 0 Å². The minimum Gasteiger partial charge on any atom is -0.480 e. The Morgan fingerprint density at radius 2 is 2.13 bits per heavy atom. The highest BCUT2D eigenvalue weighted by Crippen LogP contribution is 2.25. The summed E-state index contributed by atoms with van der Waals surface area (Å²) in [4.78, 5) is 24.9. The SMILES string of the molecule is CC(C)(C)NC(=O)CN1CCC[C@@H](c2ccn(CC(=O)O)n2)C1. The molecule has 2 N–H and O–H groups in total. The predicted molar refractivity (Wildman–Crippen MR) is 86.2 cm³/mol. The summed E-state index contributed by atoms with van der Waals surface area (Å²) in [6, 6.07) is 1.88. The summed E-state index contributed by atoms with van der Waals surface area (Å²) in [5, 5.41) is 16.1. The predicted octanol–water partition coefficient (Wildman–Crippen LogP) is 1.06. The van der Waals surface area contributed by atoms with Gasteiger partial charge in [-0.3, -0.25) is 19.2 Å². The van der Waals surface area contributed by atoms with Gasteiger partial charge in [0.15, 0.2) is 0 Å². The highest BCUT2D eigenvalue weighted by molar-refractivity contribution is 5.78. The van der Waals surface area contributed by atoms with E-state index in [9.17, 15) is 9.59 Å². The second kappa shape index (κ2) is 7.12. The zero-order valence-electron chi connectivity index (χ0n) is 14.1. The Kier molecular flexibility index (Phi) is 5.41. The number of aromatic nitrogens is 2. The third kappa shape index (κ3) is 5.67. The molecule has 1 aromatic heterocycles. The molecule has 1 atom stereocenters. The Morgan fingerprint density at radius 3 is 2.78 bits per heavy atom. The molecule has 0 spiro atoms. The maximum atomic E-state index is 12.1. The Labute approximate surface area is 136 Å². The molecular formula is C16H26N4O3. The van der Waals surface area contributed by atoms with Crippen LogP contribution < -0.4 is 5.32 Å². The molecule has 2 rings (SSSR count). The van der Waals surface area contributed by atoms with Crippen LogP contribution >= 0.6 is 0 Å². The van der Waals surface area contributed by atoms with Crippen molar-refractivity contribution in [3.63, 3.8) is 0 Å². The van der Waals surface area contributed by atoms with Crippen LogP contribution in [0.1, 0.15) is 45.2 Å². The number of aliphatic carboxylic acids is 1. The van der Waals surface area contributed by atoms with Gasteiger partial charge in [0.1, 0.15) is 6.54 Å². The first kappa shape index (κ1) is 17.5. The molecule has 1 aliphatic heterocycles. The number of carboxylic acids is 1. The third-order valence-electron chi connectivity index (χ3n) is 3.76. The van der Waals surface area contributed by atoms with Crippen LogP contribution in [0, 0.1) is 0 Å². The molecule has 1 fully saturated rings. The maximum Gasteiger partial charge on any atom is 0.325 e. The summed E-state index contributed by atoms with van der Waals surface area (Å²) >= 11 is 0. The molecule has 0 saturated carbocycles. The Bertz CT molecular complexity index is 562. The lowest BCUT2D eigenvalue weighted by Gasteiger charge is -2.32. The number of nitrogens with one attached hydrogen (secondary N) is 1. The molecule has 0 unspecified atom stereocenters. The van der Waals surface area contributed by atoms with Crippen molar-refractivity contribution in [2.75, 3.05) is 19.6 Å². The molecule has 1 amide bonds. The van der Waals surface area contributed by atoms with Gasteiger partial charge in [-0.15, -0.1) is 0 Å². The van der Waals surface area contributed by atoms with E-state index < -0.39 is 5.97 Å². The zero-order chi connectivity index (χ0) is 17.0. The quantitative estimate of drug-likeness (QED) is 0.846. The molecule has 128 valence electrons. The van der Waals surface area contributed by atoms with Crippen LogP contribution in [0.25, 0.3) is 0 Å². The van der Waals surface area contributed by atoms with Crippen molar-refractivity contribution in [3.8, 4) is 0 Å². The number of amides is 1. The number of carboxylic acid groups (broad SMARTS) is 1. The summed E-state index contributed by atoms with van der Waals surface area (Å²) in [5.41, 5.74) is 0.689. The van der Waals surface area contributed by atoms with E-state index in [1.54, 1.807) is 6.20 Å². The number of piperidine rings is 1. The maximum absolute atomic E-state index is 12.1. The van der Waals surface area contributed by atoms with Crippen molar-refractivity contribution in [1.82, 2.24) is 20.0 Å². The molecule has 7 heteroatoms. The van der Waals surface area contributed by atoms with Crippen LogP contribution in [0.3, 0.4) is 0 Å². The van der Waals surface area contributed by atoms with Crippen LogP contribution in [-0.4, -0.2) is 56.8 Å². The topological polar surface area (TPSA) is 87.5 Å². The summed E-state index contributed by atoms with van der Waals surface area (Å²) in [5.74, 6) is -0.612. The van der Waals surface area contributed by atoms with Crippen molar-refractivity contribution in [2.24, 2.45) is 0 Å². The molecule has 0 bridgehead atoms. The molecule has 2 heterocycles. The zero-order valence-corrected chi connectivity index (χ0v) is 14.1. The number of nitrogens with zero attached hydrogens (tertiary/aromatic N) is 3. The molecule has 1 aromatic rings. The van der Waals surface area contributed by atoms with E-state index in [0.29, 0.717) is 6.54 Å². The molecule has 1 aliphatic rings. The molecular weight excluding hydrogens is 296 g/mol. The average Bonchev–Trinajstić information content (AvgIpc) is 2.84. The smallest absolute Gasteiger partial charge is 0.325 e. The highest BCUT2D eigenvalue weighted by atomic mass is 16.4. The van der Waals surface area contributed by atoms with Gasteiger partial charge in [0, 0.05) is 24.2 Å². The Hall–Kier alpha value is -1.89.